The van der Waals surface area contributed by atoms with Gasteiger partial charge in [0.25, 0.3) is 0 Å². The number of hydrogen-bond donors (Lipinski definition) is 1. The van der Waals surface area contributed by atoms with Gasteiger partial charge in [-0.05, 0) is 25.5 Å². The Bertz CT molecular complexity index is 700. The number of esters is 1. The third kappa shape index (κ3) is 2.81. The highest BCUT2D eigenvalue weighted by Crippen LogP contribution is 2.33. The van der Waals surface area contributed by atoms with Crippen LogP contribution in [0.2, 0.25) is 0 Å². The van der Waals surface area contributed by atoms with Gasteiger partial charge in [-0.2, -0.15) is 4.31 Å². The highest BCUT2D eigenvalue weighted by molar-refractivity contribution is 7.89. The van der Waals surface area contributed by atoms with Crippen LogP contribution in [0, 0.1) is 5.41 Å². The molecule has 0 aromatic carbocycles. The van der Waals surface area contributed by atoms with Gasteiger partial charge < -0.3 is 9.84 Å². The maximum Gasteiger partial charge on any atom is 0.356 e. The number of pyridine rings is 1. The third-order valence-electron chi connectivity index (χ3n) is 3.72. The Hall–Kier alpha value is -2.00. The first kappa shape index (κ1) is 16.4. The quantitative estimate of drug-likeness (QED) is 0.793. The van der Waals surface area contributed by atoms with Crippen molar-refractivity contribution < 1.29 is 27.9 Å². The fraction of sp³-hybridized carbons (Fsp3) is 0.462. The number of rotatable bonds is 4. The van der Waals surface area contributed by atoms with Gasteiger partial charge in [0.15, 0.2) is 0 Å². The Morgan fingerprint density at radius 3 is 2.55 bits per heavy atom. The molecule has 1 saturated heterocycles. The van der Waals surface area contributed by atoms with Crippen molar-refractivity contribution in [1.82, 2.24) is 9.29 Å². The molecule has 0 bridgehead atoms. The van der Waals surface area contributed by atoms with E-state index in [1.807, 2.05) is 0 Å². The molecule has 1 aliphatic heterocycles. The Morgan fingerprint density at radius 1 is 1.41 bits per heavy atom. The Balaban J connectivity index is 2.25. The van der Waals surface area contributed by atoms with Crippen LogP contribution in [0.1, 0.15) is 23.8 Å². The fourth-order valence-electron chi connectivity index (χ4n) is 2.21. The molecule has 1 fully saturated rings. The van der Waals surface area contributed by atoms with Gasteiger partial charge >= 0.3 is 11.9 Å². The number of hydrogen-bond acceptors (Lipinski definition) is 6. The van der Waals surface area contributed by atoms with Crippen LogP contribution in [-0.2, 0) is 19.6 Å². The lowest BCUT2D eigenvalue weighted by molar-refractivity contribution is -0.146. The number of carboxylic acids is 1. The minimum absolute atomic E-state index is 0.00162. The van der Waals surface area contributed by atoms with E-state index in [1.165, 1.54) is 26.2 Å². The zero-order valence-electron chi connectivity index (χ0n) is 12.1. The Kier molecular flexibility index (Phi) is 4.21. The number of carboxylic acid groups (broad SMARTS) is 1. The highest BCUT2D eigenvalue weighted by Gasteiger charge is 2.44. The minimum atomic E-state index is -3.84. The molecule has 1 unspecified atom stereocenters. The second-order valence-electron chi connectivity index (χ2n) is 5.33. The number of methoxy groups -OCH3 is 1. The number of nitrogens with zero attached hydrogens (tertiary/aromatic N) is 2. The molecule has 8 nitrogen and oxygen atoms in total. The first-order valence-electron chi connectivity index (χ1n) is 6.48. The molecule has 0 spiro atoms. The maximum absolute atomic E-state index is 12.5. The topological polar surface area (TPSA) is 114 Å². The Labute approximate surface area is 127 Å². The summed E-state index contributed by atoms with van der Waals surface area (Å²) >= 11 is 0. The number of carbonyl (C=O) groups is 2. The lowest BCUT2D eigenvalue weighted by Crippen LogP contribution is -2.35. The third-order valence-corrected chi connectivity index (χ3v) is 5.55. The van der Waals surface area contributed by atoms with Crippen molar-refractivity contribution in [1.29, 1.82) is 0 Å². The summed E-state index contributed by atoms with van der Waals surface area (Å²) in [4.78, 5) is 26.2. The molecule has 120 valence electrons. The van der Waals surface area contributed by atoms with E-state index in [2.05, 4.69) is 9.72 Å². The van der Waals surface area contributed by atoms with Gasteiger partial charge in [0.05, 0.1) is 12.5 Å². The molecule has 1 atom stereocenters. The number of sulfonamides is 1. The molecule has 22 heavy (non-hydrogen) atoms. The molecule has 1 N–H and O–H groups in total. The average molecular weight is 328 g/mol. The SMILES string of the molecule is COC(=O)c1ccc(S(=O)(=O)N2CCC(C)(C(=O)O)C2)cn1. The predicted octanol–water partition coefficient (Wildman–Crippen LogP) is 0.353. The summed E-state index contributed by atoms with van der Waals surface area (Å²) in [5.41, 5.74) is -1.09. The molecule has 1 aromatic heterocycles. The van der Waals surface area contributed by atoms with Gasteiger partial charge in [0, 0.05) is 19.3 Å². The van der Waals surface area contributed by atoms with Gasteiger partial charge in [-0.3, -0.25) is 4.79 Å². The predicted molar refractivity (Wildman–Crippen MR) is 74.7 cm³/mol. The molecular formula is C13H16N2O6S. The summed E-state index contributed by atoms with van der Waals surface area (Å²) in [5.74, 6) is -1.69. The maximum atomic E-state index is 12.5. The highest BCUT2D eigenvalue weighted by atomic mass is 32.2. The summed E-state index contributed by atoms with van der Waals surface area (Å²) in [7, 11) is -2.64. The summed E-state index contributed by atoms with van der Waals surface area (Å²) in [6.07, 6.45) is 1.31. The van der Waals surface area contributed by atoms with Crippen LogP contribution in [0.25, 0.3) is 0 Å². The largest absolute Gasteiger partial charge is 0.481 e. The first-order valence-corrected chi connectivity index (χ1v) is 7.93. The summed E-state index contributed by atoms with van der Waals surface area (Å²) in [5, 5.41) is 9.17. The normalized spacial score (nSPS) is 22.5. The van der Waals surface area contributed by atoms with Crippen LogP contribution in [0.15, 0.2) is 23.2 Å². The van der Waals surface area contributed by atoms with Crippen molar-refractivity contribution in [2.75, 3.05) is 20.2 Å². The van der Waals surface area contributed by atoms with E-state index in [0.29, 0.717) is 0 Å². The monoisotopic (exact) mass is 328 g/mol. The van der Waals surface area contributed by atoms with Gasteiger partial charge in [0.2, 0.25) is 10.0 Å². The van der Waals surface area contributed by atoms with Crippen LogP contribution in [0.4, 0.5) is 0 Å². The summed E-state index contributed by atoms with van der Waals surface area (Å²) in [6.45, 7) is 1.55. The van der Waals surface area contributed by atoms with Crippen molar-refractivity contribution in [3.05, 3.63) is 24.0 Å². The first-order chi connectivity index (χ1) is 10.2. The molecule has 1 aliphatic rings. The van der Waals surface area contributed by atoms with Crippen molar-refractivity contribution in [2.45, 2.75) is 18.2 Å². The molecule has 2 heterocycles. The van der Waals surface area contributed by atoms with Crippen molar-refractivity contribution >= 4 is 22.0 Å². The number of aliphatic carboxylic acids is 1. The van der Waals surface area contributed by atoms with Crippen LogP contribution in [0.3, 0.4) is 0 Å². The number of carbonyl (C=O) groups excluding carboxylic acids is 1. The van der Waals surface area contributed by atoms with E-state index in [1.54, 1.807) is 0 Å². The van der Waals surface area contributed by atoms with Gasteiger partial charge in [-0.15, -0.1) is 0 Å². The summed E-state index contributed by atoms with van der Waals surface area (Å²) in [6, 6.07) is 2.51. The zero-order chi connectivity index (χ0) is 16.5. The number of ether oxygens (including phenoxy) is 1. The van der Waals surface area contributed by atoms with Crippen LogP contribution < -0.4 is 0 Å². The number of aromatic nitrogens is 1. The van der Waals surface area contributed by atoms with Crippen LogP contribution in [-0.4, -0.2) is 55.0 Å². The lowest BCUT2D eigenvalue weighted by atomic mass is 9.90. The van der Waals surface area contributed by atoms with E-state index in [-0.39, 0.29) is 30.1 Å². The van der Waals surface area contributed by atoms with Gasteiger partial charge in [0.1, 0.15) is 10.6 Å². The smallest absolute Gasteiger partial charge is 0.356 e. The van der Waals surface area contributed by atoms with E-state index >= 15 is 0 Å². The molecule has 0 saturated carbocycles. The van der Waals surface area contributed by atoms with Crippen molar-refractivity contribution in [3.63, 3.8) is 0 Å². The van der Waals surface area contributed by atoms with Crippen molar-refractivity contribution in [2.24, 2.45) is 5.41 Å². The molecular weight excluding hydrogens is 312 g/mol. The van der Waals surface area contributed by atoms with E-state index in [0.717, 1.165) is 10.5 Å². The molecule has 0 amide bonds. The fourth-order valence-corrected chi connectivity index (χ4v) is 3.72. The second kappa shape index (κ2) is 5.65. The molecule has 0 aliphatic carbocycles. The average Bonchev–Trinajstić information content (AvgIpc) is 2.91. The van der Waals surface area contributed by atoms with Gasteiger partial charge in [-0.25, -0.2) is 18.2 Å². The van der Waals surface area contributed by atoms with Crippen molar-refractivity contribution in [3.8, 4) is 0 Å². The molecule has 2 rings (SSSR count). The lowest BCUT2D eigenvalue weighted by Gasteiger charge is -2.19. The zero-order valence-corrected chi connectivity index (χ0v) is 13.0. The Morgan fingerprint density at radius 2 is 2.09 bits per heavy atom. The van der Waals surface area contributed by atoms with Crippen LogP contribution >= 0.6 is 0 Å². The standard InChI is InChI=1S/C13H16N2O6S/c1-13(12(17)18)5-6-15(8-13)22(19,20)9-3-4-10(14-7-9)11(16)21-2/h3-4,7H,5-6,8H2,1-2H3,(H,17,18). The molecule has 1 aromatic rings. The van der Waals surface area contributed by atoms with E-state index < -0.39 is 27.4 Å². The van der Waals surface area contributed by atoms with Crippen LogP contribution in [0.5, 0.6) is 0 Å². The summed E-state index contributed by atoms with van der Waals surface area (Å²) < 4.78 is 30.6. The van der Waals surface area contributed by atoms with Gasteiger partial charge in [-0.1, -0.05) is 0 Å². The van der Waals surface area contributed by atoms with E-state index in [9.17, 15) is 18.0 Å². The second-order valence-corrected chi connectivity index (χ2v) is 7.26. The minimum Gasteiger partial charge on any atom is -0.481 e. The molecule has 0 radical (unpaired) electrons. The molecule has 9 heteroatoms. The van der Waals surface area contributed by atoms with E-state index in [4.69, 9.17) is 5.11 Å².